The number of likely N-dealkylation sites (N-methyl/N-ethyl adjacent to an activating group) is 1. The summed E-state index contributed by atoms with van der Waals surface area (Å²) in [5.41, 5.74) is 2.68. The fourth-order valence-corrected chi connectivity index (χ4v) is 7.99. The molecule has 0 aliphatic carbocycles. The Kier molecular flexibility index (Phi) is 20.3. The normalized spacial score (nSPS) is 14.9. The Morgan fingerprint density at radius 3 is 1.98 bits per heavy atom. The van der Waals surface area contributed by atoms with E-state index in [-0.39, 0.29) is 18.0 Å². The van der Waals surface area contributed by atoms with Gasteiger partial charge in [0.2, 0.25) is 17.7 Å². The number of hydrogen-bond acceptors (Lipinski definition) is 12. The first-order valence-corrected chi connectivity index (χ1v) is 24.1. The van der Waals surface area contributed by atoms with E-state index in [4.69, 9.17) is 5.73 Å². The van der Waals surface area contributed by atoms with Crippen molar-refractivity contribution in [3.05, 3.63) is 118 Å². The highest BCUT2D eigenvalue weighted by Crippen LogP contribution is 2.45. The molecule has 0 saturated heterocycles. The van der Waals surface area contributed by atoms with E-state index in [0.29, 0.717) is 74.4 Å². The van der Waals surface area contributed by atoms with E-state index in [2.05, 4.69) is 42.0 Å². The second-order valence-electron chi connectivity index (χ2n) is 19.6. The Hall–Kier alpha value is -7.99. The van der Waals surface area contributed by atoms with Gasteiger partial charge in [-0.3, -0.25) is 24.6 Å². The number of nitrogens with zero attached hydrogens (tertiary/aromatic N) is 5. The van der Waals surface area contributed by atoms with E-state index in [9.17, 15) is 64.2 Å². The van der Waals surface area contributed by atoms with Crippen LogP contribution in [0.2, 0.25) is 0 Å². The van der Waals surface area contributed by atoms with Gasteiger partial charge in [-0.05, 0) is 68.3 Å². The number of amides is 4. The van der Waals surface area contributed by atoms with Crippen LogP contribution >= 0.6 is 0 Å². The zero-order chi connectivity index (χ0) is 59.7. The Bertz CT molecular complexity index is 3000. The standard InChI is InChI=1S/C53H57F10N9O8/c1-50(2,52(58,59)60)35(23-44(75)79-6)46(76)69-72(24-34-36(54)21-33(22-37(34)55)38(64)18-19-65-48(56)57)26-41(73)39(67-47(77)45(68-49(78)80-7)51(3,4)53(61,62)63)20-31-12-10-29(11-13-31)8-9-30-14-16-32(17-15-30)40-25-71-28-43(74)70(5)27-42(71)66-40/h10-19,21-22,25,35,39,41,45,48,73H,20,23-24,26-28,64H2,1-7H3,(H,67,77)(H,68,78)(H,69,76)/t35-,39+,41+,45-/m1/s1. The molecular formula is C53H57F10N9O8. The van der Waals surface area contributed by atoms with Crippen molar-refractivity contribution in [2.75, 3.05) is 27.8 Å². The van der Waals surface area contributed by atoms with Gasteiger partial charge in [-0.2, -0.15) is 35.1 Å². The average molecular weight is 1140 g/mol. The third-order valence-electron chi connectivity index (χ3n) is 13.3. The molecule has 4 amide bonds. The van der Waals surface area contributed by atoms with E-state index in [1.54, 1.807) is 47.0 Å². The molecule has 4 aromatic rings. The van der Waals surface area contributed by atoms with Crippen LogP contribution in [0.15, 0.2) is 77.9 Å². The minimum Gasteiger partial charge on any atom is -0.469 e. The number of ether oxygens (including phenoxy) is 2. The van der Waals surface area contributed by atoms with Crippen molar-refractivity contribution in [3.8, 4) is 23.1 Å². The maximum absolute atomic E-state index is 15.9. The largest absolute Gasteiger partial charge is 0.469 e. The quantitative estimate of drug-likeness (QED) is 0.0155. The Balaban J connectivity index is 1.53. The number of benzene rings is 3. The summed E-state index contributed by atoms with van der Waals surface area (Å²) in [5, 5.41) is 16.7. The number of carbonyl (C=O) groups is 5. The maximum Gasteiger partial charge on any atom is 0.407 e. The Morgan fingerprint density at radius 1 is 0.863 bits per heavy atom. The number of allylic oxidation sites excluding steroid dienone is 1. The first-order chi connectivity index (χ1) is 37.2. The lowest BCUT2D eigenvalue weighted by atomic mass is 9.75. The van der Waals surface area contributed by atoms with Gasteiger partial charge in [0.1, 0.15) is 30.0 Å². The van der Waals surface area contributed by atoms with Crippen LogP contribution in [0.3, 0.4) is 0 Å². The van der Waals surface area contributed by atoms with Crippen LogP contribution in [0.4, 0.5) is 48.7 Å². The van der Waals surface area contributed by atoms with Gasteiger partial charge in [-0.25, -0.2) is 28.6 Å². The Labute approximate surface area is 452 Å². The molecule has 5 rings (SSSR count). The Morgan fingerprint density at radius 2 is 1.44 bits per heavy atom. The number of esters is 1. The fourth-order valence-electron chi connectivity index (χ4n) is 7.99. The van der Waals surface area contributed by atoms with E-state index in [1.807, 2.05) is 5.32 Å². The molecule has 0 saturated carbocycles. The van der Waals surface area contributed by atoms with Crippen molar-refractivity contribution in [1.29, 1.82) is 0 Å². The maximum atomic E-state index is 15.9. The third kappa shape index (κ3) is 15.9. The molecule has 2 heterocycles. The highest BCUT2D eigenvalue weighted by Gasteiger charge is 2.57. The monoisotopic (exact) mass is 1140 g/mol. The number of fused-ring (bicyclic) bond motifs is 1. The molecule has 0 bridgehead atoms. The summed E-state index contributed by atoms with van der Waals surface area (Å²) in [5.74, 6) is -2.98. The highest BCUT2D eigenvalue weighted by atomic mass is 19.4. The molecule has 432 valence electrons. The van der Waals surface area contributed by atoms with Crippen molar-refractivity contribution in [1.82, 2.24) is 35.5 Å². The molecule has 0 unspecified atom stereocenters. The number of alkyl halides is 8. The second kappa shape index (κ2) is 25.9. The van der Waals surface area contributed by atoms with Crippen LogP contribution in [0.5, 0.6) is 0 Å². The number of nitrogens with two attached hydrogens (primary N) is 1. The number of halogens is 10. The van der Waals surface area contributed by atoms with E-state index in [0.717, 1.165) is 31.7 Å². The summed E-state index contributed by atoms with van der Waals surface area (Å²) >= 11 is 0. The van der Waals surface area contributed by atoms with Crippen molar-refractivity contribution < 1.29 is 82.5 Å². The number of alkyl carbamates (subject to hydrolysis) is 1. The second-order valence-corrected chi connectivity index (χ2v) is 19.6. The zero-order valence-electron chi connectivity index (χ0n) is 44.0. The van der Waals surface area contributed by atoms with Crippen LogP contribution in [0, 0.1) is 40.2 Å². The molecule has 80 heavy (non-hydrogen) atoms. The zero-order valence-corrected chi connectivity index (χ0v) is 44.0. The number of hydrogen-bond donors (Lipinski definition) is 5. The number of aliphatic hydroxyl groups excluding tert-OH is 1. The number of aliphatic hydroxyl groups is 1. The van der Waals surface area contributed by atoms with Gasteiger partial charge in [-0.15, -0.1) is 0 Å². The van der Waals surface area contributed by atoms with E-state index in [1.165, 1.54) is 24.3 Å². The summed E-state index contributed by atoms with van der Waals surface area (Å²) in [6.45, 7) is -2.56. The molecule has 1 aliphatic heterocycles. The van der Waals surface area contributed by atoms with Crippen molar-refractivity contribution in [2.24, 2.45) is 27.5 Å². The molecule has 4 atom stereocenters. The molecule has 0 spiro atoms. The smallest absolute Gasteiger partial charge is 0.407 e. The van der Waals surface area contributed by atoms with E-state index >= 15 is 8.78 Å². The molecule has 6 N–H and O–H groups in total. The number of aliphatic imine (C=N–C) groups is 1. The van der Waals surface area contributed by atoms with Gasteiger partial charge in [0.15, 0.2) is 0 Å². The van der Waals surface area contributed by atoms with Crippen molar-refractivity contribution in [3.63, 3.8) is 0 Å². The van der Waals surface area contributed by atoms with Gasteiger partial charge in [-0.1, -0.05) is 50.0 Å². The van der Waals surface area contributed by atoms with Crippen LogP contribution in [0.1, 0.15) is 67.8 Å². The fraction of sp³-hybridized carbons (Fsp3) is 0.415. The predicted octanol–water partition coefficient (Wildman–Crippen LogP) is 6.80. The number of nitrogens with one attached hydrogen (secondary N) is 3. The van der Waals surface area contributed by atoms with Crippen molar-refractivity contribution >= 4 is 41.7 Å². The van der Waals surface area contributed by atoms with Gasteiger partial charge in [0.25, 0.3) is 0 Å². The average Bonchev–Trinajstić information content (AvgIpc) is 3.92. The van der Waals surface area contributed by atoms with Crippen LogP contribution in [0.25, 0.3) is 17.0 Å². The summed E-state index contributed by atoms with van der Waals surface area (Å²) in [6.07, 6.45) is -12.5. The lowest BCUT2D eigenvalue weighted by Gasteiger charge is -2.38. The topological polar surface area (TPSA) is 223 Å². The van der Waals surface area contributed by atoms with Crippen LogP contribution in [-0.2, 0) is 54.7 Å². The first-order valence-electron chi connectivity index (χ1n) is 24.1. The first kappa shape index (κ1) is 62.8. The molecule has 3 aromatic carbocycles. The molecular weight excluding hydrogens is 1080 g/mol. The van der Waals surface area contributed by atoms with E-state index < -0.39 is 132 Å². The number of methoxy groups -OCH3 is 2. The molecule has 0 radical (unpaired) electrons. The molecule has 1 aromatic heterocycles. The lowest BCUT2D eigenvalue weighted by molar-refractivity contribution is -0.231. The van der Waals surface area contributed by atoms with Gasteiger partial charge in [0, 0.05) is 66.1 Å². The van der Waals surface area contributed by atoms with Crippen LogP contribution < -0.4 is 21.8 Å². The summed E-state index contributed by atoms with van der Waals surface area (Å²) in [4.78, 5) is 74.1. The highest BCUT2D eigenvalue weighted by molar-refractivity contribution is 5.87. The van der Waals surface area contributed by atoms with Gasteiger partial charge >= 0.3 is 31.0 Å². The number of rotatable bonds is 20. The molecule has 1 aliphatic rings. The van der Waals surface area contributed by atoms with Gasteiger partial charge in [0.05, 0.1) is 61.8 Å². The number of imidazole rings is 1. The SMILES string of the molecule is COC(=O)C[C@H](C(=O)NN(Cc1c(F)cc(C(N)=CC=NC(F)F)cc1F)C[C@H](O)[C@H](Cc1ccc(C#Cc2ccc(-c3cn4c(n3)CN(C)C(=O)C4)cc2)cc1)NC(=O)[C@@H](NC(=O)OC)C(C)(C)C(F)(F)F)C(C)(C)C(F)(F)F. The molecule has 27 heteroatoms. The molecule has 0 fully saturated rings. The summed E-state index contributed by atoms with van der Waals surface area (Å²) in [6, 6.07) is 10.1. The van der Waals surface area contributed by atoms with Crippen LogP contribution in [-0.4, -0.2) is 125 Å². The lowest BCUT2D eigenvalue weighted by Crippen LogP contribution is -2.62. The summed E-state index contributed by atoms with van der Waals surface area (Å²) < 4.78 is 155. The minimum absolute atomic E-state index is 0.0519. The number of hydrazine groups is 1. The minimum atomic E-state index is -5.18. The third-order valence-corrected chi connectivity index (χ3v) is 13.3. The number of carbonyl (C=O) groups excluding carboxylic acids is 5. The predicted molar refractivity (Wildman–Crippen MR) is 269 cm³/mol. The van der Waals surface area contributed by atoms with Gasteiger partial charge < -0.3 is 40.4 Å². The van der Waals surface area contributed by atoms with Crippen molar-refractivity contribution in [2.45, 2.75) is 97.3 Å². The summed E-state index contributed by atoms with van der Waals surface area (Å²) in [7, 11) is 3.33. The molecule has 17 nitrogen and oxygen atoms in total. The number of aromatic nitrogens is 2.